The highest BCUT2D eigenvalue weighted by molar-refractivity contribution is 5.18. The van der Waals surface area contributed by atoms with Crippen LogP contribution in [0.25, 0.3) is 0 Å². The Hall–Kier alpha value is -0.560. The van der Waals surface area contributed by atoms with Crippen molar-refractivity contribution in [1.29, 1.82) is 0 Å². The van der Waals surface area contributed by atoms with Crippen LogP contribution in [0.5, 0.6) is 0 Å². The zero-order valence-electron chi connectivity index (χ0n) is 31.7. The quantitative estimate of drug-likeness (QED) is 0.179. The van der Waals surface area contributed by atoms with Crippen molar-refractivity contribution in [3.8, 4) is 0 Å². The third kappa shape index (κ3) is 6.03. The molecule has 1 spiro atoms. The van der Waals surface area contributed by atoms with Gasteiger partial charge in [0.25, 0.3) is 0 Å². The molecule has 8 fully saturated rings. The third-order valence-electron chi connectivity index (χ3n) is 16.3. The molecule has 4 heterocycles. The van der Waals surface area contributed by atoms with E-state index in [1.807, 2.05) is 0 Å². The minimum Gasteiger partial charge on any atom is -0.394 e. The second-order valence-electron chi connectivity index (χ2n) is 18.9. The van der Waals surface area contributed by atoms with E-state index in [4.69, 9.17) is 28.4 Å². The van der Waals surface area contributed by atoms with Gasteiger partial charge in [0.1, 0.15) is 42.7 Å². The molecule has 53 heavy (non-hydrogen) atoms. The average molecular weight is 757 g/mol. The maximum Gasteiger partial charge on any atom is 0.187 e. The molecule has 14 heteroatoms. The maximum absolute atomic E-state index is 12.2. The first-order valence-corrected chi connectivity index (χ1v) is 20.3. The lowest BCUT2D eigenvalue weighted by molar-refractivity contribution is -0.374. The average Bonchev–Trinajstić information content (AvgIpc) is 3.57. The van der Waals surface area contributed by atoms with Crippen LogP contribution in [0, 0.1) is 52.3 Å². The molecular weight excluding hydrogens is 692 g/mol. The van der Waals surface area contributed by atoms with Crippen LogP contribution in [0.3, 0.4) is 0 Å². The zero-order chi connectivity index (χ0) is 37.9. The number of rotatable bonds is 5. The van der Waals surface area contributed by atoms with Crippen molar-refractivity contribution in [2.45, 2.75) is 178 Å². The van der Waals surface area contributed by atoms with E-state index in [2.05, 4.69) is 27.7 Å². The highest BCUT2D eigenvalue weighted by Crippen LogP contribution is 2.71. The molecule has 8 rings (SSSR count). The Kier molecular flexibility index (Phi) is 10.4. The van der Waals surface area contributed by atoms with E-state index in [-0.39, 0.29) is 40.6 Å². The van der Waals surface area contributed by atoms with Crippen molar-refractivity contribution >= 4 is 0 Å². The zero-order valence-corrected chi connectivity index (χ0v) is 31.7. The van der Waals surface area contributed by atoms with Crippen LogP contribution in [0.2, 0.25) is 0 Å². The molecule has 0 amide bonds. The Labute approximate surface area is 312 Å². The Bertz CT molecular complexity index is 1310. The summed E-state index contributed by atoms with van der Waals surface area (Å²) in [5.74, 6) is 1.43. The Morgan fingerprint density at radius 1 is 0.755 bits per heavy atom. The topological polar surface area (TPSA) is 217 Å². The number of aliphatic hydroxyl groups excluding tert-OH is 8. The Morgan fingerprint density at radius 3 is 2.21 bits per heavy atom. The first-order valence-electron chi connectivity index (χ1n) is 20.3. The number of fused-ring (bicyclic) bond motifs is 7. The molecule has 8 N–H and O–H groups in total. The van der Waals surface area contributed by atoms with Crippen LogP contribution in [0.1, 0.15) is 86.0 Å². The van der Waals surface area contributed by atoms with Gasteiger partial charge < -0.3 is 69.3 Å². The van der Waals surface area contributed by atoms with Gasteiger partial charge in [0, 0.05) is 23.7 Å². The normalized spacial score (nSPS) is 61.0. The summed E-state index contributed by atoms with van der Waals surface area (Å²) in [7, 11) is 0. The van der Waals surface area contributed by atoms with Gasteiger partial charge in [0.05, 0.1) is 43.7 Å². The summed E-state index contributed by atoms with van der Waals surface area (Å²) < 4.78 is 37.2. The van der Waals surface area contributed by atoms with Gasteiger partial charge in [-0.25, -0.2) is 0 Å². The molecule has 4 saturated heterocycles. The second-order valence-corrected chi connectivity index (χ2v) is 18.9. The molecule has 14 nitrogen and oxygen atoms in total. The van der Waals surface area contributed by atoms with Gasteiger partial charge in [-0.05, 0) is 86.9 Å². The molecule has 24 atom stereocenters. The minimum atomic E-state index is -1.68. The summed E-state index contributed by atoms with van der Waals surface area (Å²) in [6.07, 6.45) is -9.97. The monoisotopic (exact) mass is 756 g/mol. The molecule has 0 aromatic rings. The van der Waals surface area contributed by atoms with Gasteiger partial charge in [-0.3, -0.25) is 0 Å². The van der Waals surface area contributed by atoms with Crippen molar-refractivity contribution in [1.82, 2.24) is 0 Å². The number of hydrogen-bond acceptors (Lipinski definition) is 14. The molecule has 4 saturated carbocycles. The van der Waals surface area contributed by atoms with E-state index in [1.165, 1.54) is 6.92 Å². The van der Waals surface area contributed by atoms with Crippen molar-refractivity contribution in [2.24, 2.45) is 52.3 Å². The van der Waals surface area contributed by atoms with Crippen LogP contribution in [0.4, 0.5) is 0 Å². The van der Waals surface area contributed by atoms with Crippen LogP contribution in [-0.4, -0.2) is 146 Å². The predicted molar refractivity (Wildman–Crippen MR) is 184 cm³/mol. The maximum atomic E-state index is 12.2. The summed E-state index contributed by atoms with van der Waals surface area (Å²) in [5.41, 5.74) is -0.550. The van der Waals surface area contributed by atoms with Crippen LogP contribution in [0.15, 0.2) is 0 Å². The van der Waals surface area contributed by atoms with E-state index in [0.717, 1.165) is 32.1 Å². The fourth-order valence-electron chi connectivity index (χ4n) is 13.1. The van der Waals surface area contributed by atoms with Crippen LogP contribution < -0.4 is 0 Å². The fourth-order valence-corrected chi connectivity index (χ4v) is 13.1. The van der Waals surface area contributed by atoms with Crippen molar-refractivity contribution in [3.05, 3.63) is 0 Å². The molecule has 304 valence electrons. The van der Waals surface area contributed by atoms with Gasteiger partial charge in [-0.2, -0.15) is 0 Å². The van der Waals surface area contributed by atoms with E-state index in [9.17, 15) is 40.9 Å². The van der Waals surface area contributed by atoms with E-state index in [0.29, 0.717) is 43.6 Å². The molecule has 4 aliphatic carbocycles. The van der Waals surface area contributed by atoms with E-state index in [1.54, 1.807) is 0 Å². The fraction of sp³-hybridized carbons (Fsp3) is 1.00. The lowest BCUT2D eigenvalue weighted by atomic mass is 9.43. The highest BCUT2D eigenvalue weighted by Gasteiger charge is 2.72. The smallest absolute Gasteiger partial charge is 0.187 e. The van der Waals surface area contributed by atoms with Gasteiger partial charge in [-0.1, -0.05) is 27.7 Å². The van der Waals surface area contributed by atoms with Gasteiger partial charge in [0.2, 0.25) is 0 Å². The summed E-state index contributed by atoms with van der Waals surface area (Å²) in [5, 5.41) is 87.0. The molecule has 0 aromatic carbocycles. The summed E-state index contributed by atoms with van der Waals surface area (Å²) in [6.45, 7) is 10.7. The molecule has 8 aliphatic rings. The number of hydrogen-bond donors (Lipinski definition) is 8. The van der Waals surface area contributed by atoms with Crippen LogP contribution in [-0.2, 0) is 28.4 Å². The molecule has 0 bridgehead atoms. The lowest BCUT2D eigenvalue weighted by Gasteiger charge is -2.63. The minimum absolute atomic E-state index is 0.0565. The van der Waals surface area contributed by atoms with E-state index >= 15 is 0 Å². The SMILES string of the molecule is CC1CCC2(OC1)OC1CC3C4CCC5CC(OC6OC(CO)C(O)C(O)C6OC6OC(C)C(O)C(O)C6O)C(O)CC5(C)C4CC(O)C3(C)C1C2C. The van der Waals surface area contributed by atoms with Gasteiger partial charge in [0.15, 0.2) is 18.4 Å². The summed E-state index contributed by atoms with van der Waals surface area (Å²) >= 11 is 0. The van der Waals surface area contributed by atoms with Crippen LogP contribution >= 0.6 is 0 Å². The molecule has 0 radical (unpaired) electrons. The number of aliphatic hydroxyl groups is 8. The third-order valence-corrected chi connectivity index (χ3v) is 16.3. The standard InChI is InChI=1S/C39H64O14/c1-16-8-9-39(48-15-16)17(2)28-25(53-39)11-22-20-7-6-19-10-24(23(41)13-37(19,4)21(20)12-27(42)38(22,28)5)50-36-34(32(46)30(44)26(14-40)51-36)52-35-33(47)31(45)29(43)18(3)49-35/h16-36,40-47H,6-15H2,1-5H3. The van der Waals surface area contributed by atoms with Crippen molar-refractivity contribution < 1.29 is 69.3 Å². The van der Waals surface area contributed by atoms with Crippen molar-refractivity contribution in [3.63, 3.8) is 0 Å². The summed E-state index contributed by atoms with van der Waals surface area (Å²) in [6, 6.07) is 0. The molecule has 24 unspecified atom stereocenters. The highest BCUT2D eigenvalue weighted by atomic mass is 16.8. The first kappa shape index (κ1) is 39.3. The second kappa shape index (κ2) is 14.1. The lowest BCUT2D eigenvalue weighted by Crippen LogP contribution is -2.65. The van der Waals surface area contributed by atoms with Crippen molar-refractivity contribution in [2.75, 3.05) is 13.2 Å². The first-order chi connectivity index (χ1) is 25.0. The molecule has 4 aliphatic heterocycles. The Morgan fingerprint density at radius 2 is 1.51 bits per heavy atom. The number of ether oxygens (including phenoxy) is 6. The Balaban J connectivity index is 0.978. The largest absolute Gasteiger partial charge is 0.394 e. The van der Waals surface area contributed by atoms with Gasteiger partial charge in [-0.15, -0.1) is 0 Å². The van der Waals surface area contributed by atoms with Gasteiger partial charge >= 0.3 is 0 Å². The predicted octanol–water partition coefficient (Wildman–Crippen LogP) is 0.411. The van der Waals surface area contributed by atoms with E-state index < -0.39 is 92.1 Å². The summed E-state index contributed by atoms with van der Waals surface area (Å²) in [4.78, 5) is 0. The molecular formula is C39H64O14. The molecule has 0 aromatic heterocycles.